The van der Waals surface area contributed by atoms with Crippen molar-refractivity contribution in [2.45, 2.75) is 13.5 Å². The van der Waals surface area contributed by atoms with E-state index < -0.39 is 0 Å². The quantitative estimate of drug-likeness (QED) is 0.761. The Labute approximate surface area is 124 Å². The largest absolute Gasteiger partial charge is 0.493 e. The second-order valence-electron chi connectivity index (χ2n) is 3.90. The first-order valence-corrected chi connectivity index (χ1v) is 7.32. The van der Waals surface area contributed by atoms with Crippen molar-refractivity contribution in [2.24, 2.45) is 0 Å². The van der Waals surface area contributed by atoms with E-state index in [0.717, 1.165) is 9.35 Å². The number of carbonyl (C=O) groups is 1. The number of carbonyl (C=O) groups excluding carboxylic acids is 1. The topological polar surface area (TPSA) is 35.5 Å². The highest BCUT2D eigenvalue weighted by Gasteiger charge is 2.09. The lowest BCUT2D eigenvalue weighted by atomic mass is 10.1. The van der Waals surface area contributed by atoms with E-state index in [1.54, 1.807) is 36.6 Å². The third kappa shape index (κ3) is 3.36. The fourth-order valence-corrected chi connectivity index (χ4v) is 2.96. The first kappa shape index (κ1) is 14.1. The molecule has 0 N–H and O–H groups in total. The minimum absolute atomic E-state index is 0.00542. The van der Waals surface area contributed by atoms with Crippen LogP contribution in [-0.4, -0.2) is 12.9 Å². The molecule has 0 unspecified atom stereocenters. The highest BCUT2D eigenvalue weighted by atomic mass is 79.9. The van der Waals surface area contributed by atoms with E-state index in [0.29, 0.717) is 23.7 Å². The molecule has 1 aromatic carbocycles. The van der Waals surface area contributed by atoms with Crippen LogP contribution in [0.5, 0.6) is 11.5 Å². The van der Waals surface area contributed by atoms with Crippen LogP contribution >= 0.6 is 27.3 Å². The molecule has 0 amide bonds. The summed E-state index contributed by atoms with van der Waals surface area (Å²) in [4.78, 5) is 12.4. The maximum Gasteiger partial charge on any atom is 0.161 e. The van der Waals surface area contributed by atoms with Crippen molar-refractivity contribution < 1.29 is 14.3 Å². The molecule has 100 valence electrons. The van der Waals surface area contributed by atoms with Gasteiger partial charge in [-0.2, -0.15) is 0 Å². The monoisotopic (exact) mass is 340 g/mol. The van der Waals surface area contributed by atoms with Gasteiger partial charge in [0, 0.05) is 10.0 Å². The van der Waals surface area contributed by atoms with Gasteiger partial charge in [-0.15, -0.1) is 11.3 Å². The Bertz CT molecular complexity index is 592. The number of rotatable bonds is 5. The zero-order valence-corrected chi connectivity index (χ0v) is 13.0. The molecular formula is C14H13BrO3S. The average molecular weight is 341 g/mol. The number of ketones is 1. The van der Waals surface area contributed by atoms with Gasteiger partial charge in [-0.3, -0.25) is 4.79 Å². The standard InChI is InChI=1S/C14H13BrO3S/c1-9(16)10-3-4-12(13(7-10)17-2)18-8-14-11(15)5-6-19-14/h3-7H,8H2,1-2H3. The molecule has 0 aliphatic heterocycles. The molecule has 0 aliphatic rings. The average Bonchev–Trinajstić information content (AvgIpc) is 2.81. The normalized spacial score (nSPS) is 10.3. The summed E-state index contributed by atoms with van der Waals surface area (Å²) in [6.07, 6.45) is 0. The minimum atomic E-state index is 0.00542. The van der Waals surface area contributed by atoms with Gasteiger partial charge in [0.15, 0.2) is 17.3 Å². The van der Waals surface area contributed by atoms with Crippen LogP contribution in [-0.2, 0) is 6.61 Å². The number of halogens is 1. The summed E-state index contributed by atoms with van der Waals surface area (Å²) >= 11 is 5.08. The lowest BCUT2D eigenvalue weighted by Gasteiger charge is -2.11. The summed E-state index contributed by atoms with van der Waals surface area (Å²) in [6, 6.07) is 7.18. The summed E-state index contributed by atoms with van der Waals surface area (Å²) in [7, 11) is 1.56. The fraction of sp³-hybridized carbons (Fsp3) is 0.214. The molecule has 0 bridgehead atoms. The number of thiophene rings is 1. The zero-order valence-electron chi connectivity index (χ0n) is 10.6. The molecule has 1 aromatic heterocycles. The van der Waals surface area contributed by atoms with Crippen LogP contribution in [0.2, 0.25) is 0 Å². The molecule has 0 saturated heterocycles. The van der Waals surface area contributed by atoms with Gasteiger partial charge in [0.25, 0.3) is 0 Å². The summed E-state index contributed by atoms with van der Waals surface area (Å²) in [5.41, 5.74) is 0.613. The van der Waals surface area contributed by atoms with Crippen LogP contribution in [0.25, 0.3) is 0 Å². The van der Waals surface area contributed by atoms with Crippen molar-refractivity contribution >= 4 is 33.0 Å². The smallest absolute Gasteiger partial charge is 0.161 e. The highest BCUT2D eigenvalue weighted by molar-refractivity contribution is 9.10. The van der Waals surface area contributed by atoms with Gasteiger partial charge in [0.05, 0.1) is 12.0 Å². The van der Waals surface area contributed by atoms with E-state index in [9.17, 15) is 4.79 Å². The number of methoxy groups -OCH3 is 1. The predicted molar refractivity (Wildman–Crippen MR) is 79.3 cm³/mol. The van der Waals surface area contributed by atoms with E-state index in [1.807, 2.05) is 11.4 Å². The number of ether oxygens (including phenoxy) is 2. The lowest BCUT2D eigenvalue weighted by Crippen LogP contribution is -1.99. The number of hydrogen-bond acceptors (Lipinski definition) is 4. The van der Waals surface area contributed by atoms with Crippen molar-refractivity contribution in [1.29, 1.82) is 0 Å². The Balaban J connectivity index is 2.16. The fourth-order valence-electron chi connectivity index (χ4n) is 1.58. The van der Waals surface area contributed by atoms with Gasteiger partial charge in [-0.05, 0) is 52.5 Å². The second-order valence-corrected chi connectivity index (χ2v) is 5.76. The Hall–Kier alpha value is -1.33. The first-order chi connectivity index (χ1) is 9.11. The Morgan fingerprint density at radius 2 is 2.11 bits per heavy atom. The molecule has 0 spiro atoms. The Kier molecular flexibility index (Phi) is 4.61. The van der Waals surface area contributed by atoms with Crippen LogP contribution in [0.1, 0.15) is 22.2 Å². The second kappa shape index (κ2) is 6.21. The molecular weight excluding hydrogens is 328 g/mol. The first-order valence-electron chi connectivity index (χ1n) is 5.65. The molecule has 0 radical (unpaired) electrons. The van der Waals surface area contributed by atoms with Gasteiger partial charge >= 0.3 is 0 Å². The van der Waals surface area contributed by atoms with Crippen LogP contribution in [0.4, 0.5) is 0 Å². The van der Waals surface area contributed by atoms with Gasteiger partial charge in [0.1, 0.15) is 6.61 Å². The maximum absolute atomic E-state index is 11.3. The van der Waals surface area contributed by atoms with Crippen LogP contribution < -0.4 is 9.47 Å². The molecule has 0 aliphatic carbocycles. The van der Waals surface area contributed by atoms with Gasteiger partial charge < -0.3 is 9.47 Å². The summed E-state index contributed by atoms with van der Waals surface area (Å²) in [5.74, 6) is 1.21. The zero-order chi connectivity index (χ0) is 13.8. The molecule has 0 atom stereocenters. The Morgan fingerprint density at radius 1 is 1.32 bits per heavy atom. The van der Waals surface area contributed by atoms with Crippen LogP contribution in [0.3, 0.4) is 0 Å². The SMILES string of the molecule is COc1cc(C(C)=O)ccc1OCc1sccc1Br. The molecule has 2 aromatic rings. The van der Waals surface area contributed by atoms with Gasteiger partial charge in [-0.25, -0.2) is 0 Å². The van der Waals surface area contributed by atoms with E-state index in [4.69, 9.17) is 9.47 Å². The Morgan fingerprint density at radius 3 is 2.68 bits per heavy atom. The van der Waals surface area contributed by atoms with Crippen molar-refractivity contribution in [1.82, 2.24) is 0 Å². The molecule has 0 fully saturated rings. The third-order valence-electron chi connectivity index (χ3n) is 2.62. The van der Waals surface area contributed by atoms with Crippen LogP contribution in [0, 0.1) is 0 Å². The number of Topliss-reactive ketones (excluding diaryl/α,β-unsaturated/α-hetero) is 1. The number of hydrogen-bond donors (Lipinski definition) is 0. The van der Waals surface area contributed by atoms with E-state index in [1.165, 1.54) is 6.92 Å². The van der Waals surface area contributed by atoms with Crippen molar-refractivity contribution in [3.8, 4) is 11.5 Å². The summed E-state index contributed by atoms with van der Waals surface area (Å²) in [5, 5.41) is 2.00. The molecule has 2 rings (SSSR count). The van der Waals surface area contributed by atoms with E-state index in [2.05, 4.69) is 15.9 Å². The number of benzene rings is 1. The highest BCUT2D eigenvalue weighted by Crippen LogP contribution is 2.30. The molecule has 1 heterocycles. The van der Waals surface area contributed by atoms with Crippen molar-refractivity contribution in [3.05, 3.63) is 44.6 Å². The maximum atomic E-state index is 11.3. The van der Waals surface area contributed by atoms with Crippen LogP contribution in [0.15, 0.2) is 34.1 Å². The van der Waals surface area contributed by atoms with E-state index >= 15 is 0 Å². The van der Waals surface area contributed by atoms with E-state index in [-0.39, 0.29) is 5.78 Å². The van der Waals surface area contributed by atoms with Gasteiger partial charge in [-0.1, -0.05) is 0 Å². The molecule has 5 heteroatoms. The minimum Gasteiger partial charge on any atom is -0.493 e. The van der Waals surface area contributed by atoms with Gasteiger partial charge in [0.2, 0.25) is 0 Å². The third-order valence-corrected chi connectivity index (χ3v) is 4.52. The predicted octanol–water partition coefficient (Wildman–Crippen LogP) is 4.30. The van der Waals surface area contributed by atoms with Crippen molar-refractivity contribution in [2.75, 3.05) is 7.11 Å². The van der Waals surface area contributed by atoms with Crippen molar-refractivity contribution in [3.63, 3.8) is 0 Å². The lowest BCUT2D eigenvalue weighted by molar-refractivity contribution is 0.101. The molecule has 0 saturated carbocycles. The summed E-state index contributed by atoms with van der Waals surface area (Å²) in [6.45, 7) is 1.99. The molecule has 19 heavy (non-hydrogen) atoms. The summed E-state index contributed by atoms with van der Waals surface area (Å²) < 4.78 is 12.0. The molecule has 3 nitrogen and oxygen atoms in total.